The van der Waals surface area contributed by atoms with Gasteiger partial charge in [0, 0.05) is 12.5 Å². The van der Waals surface area contributed by atoms with Gasteiger partial charge in [-0.05, 0) is 31.6 Å². The molecule has 0 aromatic heterocycles. The zero-order valence-corrected chi connectivity index (χ0v) is 17.0. The highest BCUT2D eigenvalue weighted by Crippen LogP contribution is 2.40. The minimum atomic E-state index is -2.32. The molecule has 7 heteroatoms. The predicted octanol–water partition coefficient (Wildman–Crippen LogP) is 3.06. The van der Waals surface area contributed by atoms with Crippen LogP contribution in [0.4, 0.5) is 0 Å². The fraction of sp³-hybridized carbons (Fsp3) is 0.800. The molecule has 1 rings (SSSR count). The lowest BCUT2D eigenvalue weighted by atomic mass is 9.72. The van der Waals surface area contributed by atoms with Gasteiger partial charge >= 0.3 is 5.97 Å². The number of aliphatic hydroxyl groups is 3. The van der Waals surface area contributed by atoms with Gasteiger partial charge in [0.15, 0.2) is 11.5 Å². The second-order valence-electron chi connectivity index (χ2n) is 7.29. The normalized spacial score (nSPS) is 24.4. The van der Waals surface area contributed by atoms with E-state index >= 15 is 0 Å². The number of ether oxygens (including phenoxy) is 2. The first-order chi connectivity index (χ1) is 12.7. The Morgan fingerprint density at radius 2 is 1.78 bits per heavy atom. The average Bonchev–Trinajstić information content (AvgIpc) is 2.90. The Kier molecular flexibility index (Phi) is 8.75. The predicted molar refractivity (Wildman–Crippen MR) is 100 cm³/mol. The summed E-state index contributed by atoms with van der Waals surface area (Å²) in [5.41, 5.74) is -2.32. The Morgan fingerprint density at radius 1 is 1.15 bits per heavy atom. The molecule has 3 N–H and O–H groups in total. The molecule has 0 saturated carbocycles. The lowest BCUT2D eigenvalue weighted by Gasteiger charge is -2.36. The Hall–Kier alpha value is -1.60. The molecule has 0 bridgehead atoms. The summed E-state index contributed by atoms with van der Waals surface area (Å²) in [7, 11) is 0. The van der Waals surface area contributed by atoms with Gasteiger partial charge in [0.1, 0.15) is 6.10 Å². The molecule has 0 fully saturated rings. The Labute approximate surface area is 161 Å². The van der Waals surface area contributed by atoms with Crippen molar-refractivity contribution in [2.45, 2.75) is 72.0 Å². The topological polar surface area (TPSA) is 113 Å². The van der Waals surface area contributed by atoms with Crippen molar-refractivity contribution in [3.05, 3.63) is 11.5 Å². The van der Waals surface area contributed by atoms with Gasteiger partial charge in [-0.25, -0.2) is 4.79 Å². The van der Waals surface area contributed by atoms with Crippen LogP contribution in [0.5, 0.6) is 0 Å². The summed E-state index contributed by atoms with van der Waals surface area (Å²) >= 11 is 0. The summed E-state index contributed by atoms with van der Waals surface area (Å²) in [6.07, 6.45) is 1.35. The maximum atomic E-state index is 13.5. The maximum Gasteiger partial charge on any atom is 0.378 e. The summed E-state index contributed by atoms with van der Waals surface area (Å²) in [5.74, 6) is -3.91. The van der Waals surface area contributed by atoms with Gasteiger partial charge in [-0.2, -0.15) is 0 Å². The lowest BCUT2D eigenvalue weighted by molar-refractivity contribution is -0.178. The van der Waals surface area contributed by atoms with Crippen molar-refractivity contribution >= 4 is 11.8 Å². The molecule has 0 radical (unpaired) electrons. The lowest BCUT2D eigenvalue weighted by Crippen LogP contribution is -2.56. The standard InChI is InChI=1S/C20H34O7/c1-6-12(5)10-13(7-2)14(8-3)17(23)20(15(21)11-26-9-4)18(24)16(22)19(25)27-20/h12-15,21-22,24H,6-11H2,1-5H3/t12?,13?,14?,15-,20-/m0/s1. The first-order valence-electron chi connectivity index (χ1n) is 9.87. The molecule has 1 aliphatic heterocycles. The highest BCUT2D eigenvalue weighted by Gasteiger charge is 2.61. The van der Waals surface area contributed by atoms with E-state index in [9.17, 15) is 24.9 Å². The second kappa shape index (κ2) is 10.1. The number of Topliss-reactive ketones (excluding diaryl/α,β-unsaturated/α-hetero) is 1. The minimum absolute atomic E-state index is 0.00265. The second-order valence-corrected chi connectivity index (χ2v) is 7.29. The van der Waals surface area contributed by atoms with E-state index in [0.29, 0.717) is 12.3 Å². The van der Waals surface area contributed by atoms with Crippen LogP contribution in [0.1, 0.15) is 60.3 Å². The van der Waals surface area contributed by atoms with Crippen LogP contribution in [0.2, 0.25) is 0 Å². The van der Waals surface area contributed by atoms with Crippen molar-refractivity contribution in [1.29, 1.82) is 0 Å². The third kappa shape index (κ3) is 4.63. The summed E-state index contributed by atoms with van der Waals surface area (Å²) in [6, 6.07) is 0. The van der Waals surface area contributed by atoms with E-state index in [0.717, 1.165) is 19.3 Å². The molecule has 0 spiro atoms. The Bertz CT molecular complexity index is 557. The van der Waals surface area contributed by atoms with Crippen LogP contribution < -0.4 is 0 Å². The van der Waals surface area contributed by atoms with Crippen LogP contribution in [-0.2, 0) is 19.1 Å². The van der Waals surface area contributed by atoms with E-state index in [1.807, 2.05) is 13.8 Å². The van der Waals surface area contributed by atoms with Crippen LogP contribution in [0.3, 0.4) is 0 Å². The quantitative estimate of drug-likeness (QED) is 0.442. The summed E-state index contributed by atoms with van der Waals surface area (Å²) in [4.78, 5) is 25.3. The van der Waals surface area contributed by atoms with E-state index in [4.69, 9.17) is 9.47 Å². The first kappa shape index (κ1) is 23.4. The largest absolute Gasteiger partial charge is 0.505 e. The van der Waals surface area contributed by atoms with E-state index in [1.54, 1.807) is 6.92 Å². The zero-order valence-electron chi connectivity index (χ0n) is 17.0. The molecule has 5 atom stereocenters. The molecule has 156 valence electrons. The molecule has 0 saturated heterocycles. The van der Waals surface area contributed by atoms with Crippen molar-refractivity contribution in [3.8, 4) is 0 Å². The number of hydrogen-bond donors (Lipinski definition) is 3. The van der Waals surface area contributed by atoms with Crippen LogP contribution in [0.25, 0.3) is 0 Å². The summed E-state index contributed by atoms with van der Waals surface area (Å²) < 4.78 is 10.3. The van der Waals surface area contributed by atoms with Crippen molar-refractivity contribution < 1.29 is 34.4 Å². The van der Waals surface area contributed by atoms with E-state index in [2.05, 4.69) is 13.8 Å². The van der Waals surface area contributed by atoms with Crippen LogP contribution in [0, 0.1) is 17.8 Å². The molecule has 1 aliphatic rings. The number of aliphatic hydroxyl groups excluding tert-OH is 3. The van der Waals surface area contributed by atoms with Crippen LogP contribution in [-0.4, -0.2) is 52.0 Å². The highest BCUT2D eigenvalue weighted by atomic mass is 16.6. The Morgan fingerprint density at radius 3 is 2.19 bits per heavy atom. The molecule has 1 heterocycles. The van der Waals surface area contributed by atoms with E-state index in [-0.39, 0.29) is 19.1 Å². The molecule has 0 aromatic carbocycles. The van der Waals surface area contributed by atoms with Crippen LogP contribution in [0.15, 0.2) is 11.5 Å². The van der Waals surface area contributed by atoms with Gasteiger partial charge in [-0.15, -0.1) is 0 Å². The van der Waals surface area contributed by atoms with Gasteiger partial charge < -0.3 is 24.8 Å². The SMILES string of the molecule is CCOC[C@H](O)[C@@]1(C(=O)C(CC)C(CC)CC(C)CC)OC(=O)C(O)=C1O. The van der Waals surface area contributed by atoms with Crippen molar-refractivity contribution in [1.82, 2.24) is 0 Å². The number of hydrogen-bond acceptors (Lipinski definition) is 7. The molecule has 3 unspecified atom stereocenters. The van der Waals surface area contributed by atoms with Crippen molar-refractivity contribution in [2.75, 3.05) is 13.2 Å². The Balaban J connectivity index is 3.31. The molecule has 0 aromatic rings. The van der Waals surface area contributed by atoms with Gasteiger partial charge in [0.2, 0.25) is 5.76 Å². The summed E-state index contributed by atoms with van der Waals surface area (Å²) in [6.45, 7) is 9.70. The van der Waals surface area contributed by atoms with E-state index < -0.39 is 40.9 Å². The minimum Gasteiger partial charge on any atom is -0.505 e. The molecule has 0 amide bonds. The number of carbonyl (C=O) groups excluding carboxylic acids is 2. The zero-order chi connectivity index (χ0) is 20.8. The van der Waals surface area contributed by atoms with Crippen molar-refractivity contribution in [3.63, 3.8) is 0 Å². The van der Waals surface area contributed by atoms with Gasteiger partial charge in [-0.1, -0.05) is 40.5 Å². The molecule has 0 aliphatic carbocycles. The third-order valence-corrected chi connectivity index (χ3v) is 5.61. The smallest absolute Gasteiger partial charge is 0.378 e. The maximum absolute atomic E-state index is 13.5. The van der Waals surface area contributed by atoms with E-state index in [1.165, 1.54) is 0 Å². The van der Waals surface area contributed by atoms with Gasteiger partial charge in [-0.3, -0.25) is 4.79 Å². The van der Waals surface area contributed by atoms with Gasteiger partial charge in [0.05, 0.1) is 6.61 Å². The average molecular weight is 386 g/mol. The third-order valence-electron chi connectivity index (χ3n) is 5.61. The van der Waals surface area contributed by atoms with Gasteiger partial charge in [0.25, 0.3) is 5.60 Å². The van der Waals surface area contributed by atoms with Crippen LogP contribution >= 0.6 is 0 Å². The fourth-order valence-corrected chi connectivity index (χ4v) is 3.73. The number of rotatable bonds is 12. The number of ketones is 1. The molecule has 7 nitrogen and oxygen atoms in total. The molecular weight excluding hydrogens is 352 g/mol. The monoisotopic (exact) mass is 386 g/mol. The molecular formula is C20H34O7. The fourth-order valence-electron chi connectivity index (χ4n) is 3.73. The number of cyclic esters (lactones) is 1. The molecule has 27 heavy (non-hydrogen) atoms. The number of esters is 1. The number of carbonyl (C=O) groups is 2. The summed E-state index contributed by atoms with van der Waals surface area (Å²) in [5, 5.41) is 30.8. The van der Waals surface area contributed by atoms with Crippen molar-refractivity contribution in [2.24, 2.45) is 17.8 Å². The first-order valence-corrected chi connectivity index (χ1v) is 9.87. The highest BCUT2D eigenvalue weighted by molar-refractivity contribution is 6.02.